The van der Waals surface area contributed by atoms with Gasteiger partial charge >= 0.3 is 0 Å². The topological polar surface area (TPSA) is 52.7 Å². The molecule has 0 spiro atoms. The SMILES string of the molecule is CCNCC1CCN(C(=O)C2CCC(=O)N2Cc2ccc(C)cc2)CC1. The Hall–Kier alpha value is -1.88. The van der Waals surface area contributed by atoms with E-state index in [1.165, 1.54) is 5.56 Å². The Morgan fingerprint density at radius 3 is 2.50 bits per heavy atom. The number of nitrogens with one attached hydrogen (secondary N) is 1. The summed E-state index contributed by atoms with van der Waals surface area (Å²) >= 11 is 0. The first-order valence-electron chi connectivity index (χ1n) is 9.93. The fourth-order valence-electron chi connectivity index (χ4n) is 4.00. The molecular formula is C21H31N3O2. The van der Waals surface area contributed by atoms with Gasteiger partial charge in [0.15, 0.2) is 0 Å². The first kappa shape index (κ1) is 18.9. The number of piperidine rings is 1. The minimum absolute atomic E-state index is 0.103. The van der Waals surface area contributed by atoms with E-state index in [0.717, 1.165) is 44.6 Å². The van der Waals surface area contributed by atoms with Crippen molar-refractivity contribution < 1.29 is 9.59 Å². The Morgan fingerprint density at radius 1 is 1.15 bits per heavy atom. The van der Waals surface area contributed by atoms with Crippen LogP contribution in [-0.2, 0) is 16.1 Å². The molecule has 0 radical (unpaired) electrons. The van der Waals surface area contributed by atoms with E-state index in [-0.39, 0.29) is 17.9 Å². The predicted octanol–water partition coefficient (Wildman–Crippen LogP) is 2.33. The van der Waals surface area contributed by atoms with Crippen molar-refractivity contribution in [3.8, 4) is 0 Å². The Balaban J connectivity index is 1.59. The van der Waals surface area contributed by atoms with Crippen molar-refractivity contribution in [3.63, 3.8) is 0 Å². The monoisotopic (exact) mass is 357 g/mol. The van der Waals surface area contributed by atoms with Crippen LogP contribution < -0.4 is 5.32 Å². The number of hydrogen-bond acceptors (Lipinski definition) is 3. The second-order valence-corrected chi connectivity index (χ2v) is 7.64. The van der Waals surface area contributed by atoms with Crippen LogP contribution in [0.15, 0.2) is 24.3 Å². The fraction of sp³-hybridized carbons (Fsp3) is 0.619. The Kier molecular flexibility index (Phi) is 6.30. The molecule has 0 aliphatic carbocycles. The molecule has 2 saturated heterocycles. The van der Waals surface area contributed by atoms with Crippen molar-refractivity contribution >= 4 is 11.8 Å². The lowest BCUT2D eigenvalue weighted by Crippen LogP contribution is -2.49. The average Bonchev–Trinajstić information content (AvgIpc) is 3.02. The van der Waals surface area contributed by atoms with Crippen LogP contribution in [0.2, 0.25) is 0 Å². The highest BCUT2D eigenvalue weighted by molar-refractivity contribution is 5.91. The zero-order chi connectivity index (χ0) is 18.5. The number of rotatable bonds is 6. The second kappa shape index (κ2) is 8.67. The highest BCUT2D eigenvalue weighted by Crippen LogP contribution is 2.25. The van der Waals surface area contributed by atoms with Gasteiger partial charge in [-0.2, -0.15) is 0 Å². The molecule has 142 valence electrons. The zero-order valence-corrected chi connectivity index (χ0v) is 16.0. The molecule has 1 N–H and O–H groups in total. The van der Waals surface area contributed by atoms with Crippen molar-refractivity contribution in [2.75, 3.05) is 26.2 Å². The van der Waals surface area contributed by atoms with Crippen LogP contribution >= 0.6 is 0 Å². The van der Waals surface area contributed by atoms with E-state index in [2.05, 4.69) is 43.4 Å². The lowest BCUT2D eigenvalue weighted by atomic mass is 9.96. The molecule has 2 aliphatic rings. The van der Waals surface area contributed by atoms with Gasteiger partial charge in [0.05, 0.1) is 0 Å². The smallest absolute Gasteiger partial charge is 0.245 e. The molecule has 2 fully saturated rings. The number of hydrogen-bond donors (Lipinski definition) is 1. The van der Waals surface area contributed by atoms with Crippen LogP contribution in [0.3, 0.4) is 0 Å². The number of carbonyl (C=O) groups is 2. The second-order valence-electron chi connectivity index (χ2n) is 7.64. The number of likely N-dealkylation sites (tertiary alicyclic amines) is 2. The van der Waals surface area contributed by atoms with Crippen molar-refractivity contribution in [1.29, 1.82) is 0 Å². The van der Waals surface area contributed by atoms with Crippen molar-refractivity contribution in [3.05, 3.63) is 35.4 Å². The first-order valence-corrected chi connectivity index (χ1v) is 9.93. The minimum Gasteiger partial charge on any atom is -0.341 e. The number of carbonyl (C=O) groups excluding carboxylic acids is 2. The average molecular weight is 357 g/mol. The third kappa shape index (κ3) is 4.44. The molecule has 2 amide bonds. The molecule has 2 heterocycles. The summed E-state index contributed by atoms with van der Waals surface area (Å²) in [4.78, 5) is 29.2. The summed E-state index contributed by atoms with van der Waals surface area (Å²) in [7, 11) is 0. The highest BCUT2D eigenvalue weighted by Gasteiger charge is 2.38. The summed E-state index contributed by atoms with van der Waals surface area (Å²) in [5.74, 6) is 0.906. The standard InChI is InChI=1S/C21H31N3O2/c1-3-22-14-17-10-12-23(13-11-17)21(26)19-8-9-20(25)24(19)15-18-6-4-16(2)5-7-18/h4-7,17,19,22H,3,8-15H2,1-2H3. The number of amides is 2. The first-order chi connectivity index (χ1) is 12.6. The van der Waals surface area contributed by atoms with E-state index in [1.54, 1.807) is 4.90 Å². The van der Waals surface area contributed by atoms with E-state index >= 15 is 0 Å². The molecule has 0 bridgehead atoms. The van der Waals surface area contributed by atoms with Crippen LogP contribution in [0.1, 0.15) is 43.7 Å². The molecule has 0 aromatic heterocycles. The van der Waals surface area contributed by atoms with Crippen molar-refractivity contribution in [1.82, 2.24) is 15.1 Å². The van der Waals surface area contributed by atoms with Crippen LogP contribution in [0, 0.1) is 12.8 Å². The molecule has 3 rings (SSSR count). The number of nitrogens with zero attached hydrogens (tertiary/aromatic N) is 2. The van der Waals surface area contributed by atoms with Crippen LogP contribution in [-0.4, -0.2) is 53.8 Å². The Bertz CT molecular complexity index is 621. The minimum atomic E-state index is -0.283. The van der Waals surface area contributed by atoms with Crippen LogP contribution in [0.25, 0.3) is 0 Å². The van der Waals surface area contributed by atoms with Gasteiger partial charge in [-0.15, -0.1) is 0 Å². The maximum absolute atomic E-state index is 13.0. The molecule has 1 aromatic rings. The van der Waals surface area contributed by atoms with Crippen LogP contribution in [0.5, 0.6) is 0 Å². The summed E-state index contributed by atoms with van der Waals surface area (Å²) in [5, 5.41) is 3.40. The van der Waals surface area contributed by atoms with Gasteiger partial charge < -0.3 is 15.1 Å². The summed E-state index contributed by atoms with van der Waals surface area (Å²) in [6, 6.07) is 7.93. The van der Waals surface area contributed by atoms with Crippen molar-refractivity contribution in [2.45, 2.75) is 52.1 Å². The fourth-order valence-corrected chi connectivity index (χ4v) is 4.00. The van der Waals surface area contributed by atoms with Gasteiger partial charge in [-0.3, -0.25) is 9.59 Å². The molecule has 5 heteroatoms. The van der Waals surface area contributed by atoms with Gasteiger partial charge in [0.1, 0.15) is 6.04 Å². The molecule has 1 atom stereocenters. The molecule has 1 aromatic carbocycles. The quantitative estimate of drug-likeness (QED) is 0.850. The third-order valence-corrected chi connectivity index (χ3v) is 5.70. The lowest BCUT2D eigenvalue weighted by Gasteiger charge is -2.35. The highest BCUT2D eigenvalue weighted by atomic mass is 16.2. The predicted molar refractivity (Wildman–Crippen MR) is 103 cm³/mol. The summed E-state index contributed by atoms with van der Waals surface area (Å²) < 4.78 is 0. The zero-order valence-electron chi connectivity index (χ0n) is 16.0. The van der Waals surface area contributed by atoms with E-state index < -0.39 is 0 Å². The lowest BCUT2D eigenvalue weighted by molar-refractivity contribution is -0.142. The molecular weight excluding hydrogens is 326 g/mol. The van der Waals surface area contributed by atoms with E-state index in [1.807, 2.05) is 4.90 Å². The molecule has 0 saturated carbocycles. The van der Waals surface area contributed by atoms with Gasteiger partial charge in [-0.25, -0.2) is 0 Å². The van der Waals surface area contributed by atoms with E-state index in [0.29, 0.717) is 25.3 Å². The summed E-state index contributed by atoms with van der Waals surface area (Å²) in [6.07, 6.45) is 3.24. The van der Waals surface area contributed by atoms with Gasteiger partial charge in [0.2, 0.25) is 11.8 Å². The third-order valence-electron chi connectivity index (χ3n) is 5.70. The van der Waals surface area contributed by atoms with Gasteiger partial charge in [-0.1, -0.05) is 36.8 Å². The molecule has 26 heavy (non-hydrogen) atoms. The Morgan fingerprint density at radius 2 is 1.85 bits per heavy atom. The van der Waals surface area contributed by atoms with Gasteiger partial charge in [0.25, 0.3) is 0 Å². The molecule has 2 aliphatic heterocycles. The normalized spacial score (nSPS) is 21.5. The Labute approximate surface area is 156 Å². The maximum Gasteiger partial charge on any atom is 0.245 e. The summed E-state index contributed by atoms with van der Waals surface area (Å²) in [5.41, 5.74) is 2.29. The summed E-state index contributed by atoms with van der Waals surface area (Å²) in [6.45, 7) is 8.38. The van der Waals surface area contributed by atoms with E-state index in [9.17, 15) is 9.59 Å². The maximum atomic E-state index is 13.0. The molecule has 5 nitrogen and oxygen atoms in total. The molecule has 1 unspecified atom stereocenters. The number of benzene rings is 1. The van der Waals surface area contributed by atoms with Gasteiger partial charge in [0, 0.05) is 26.1 Å². The van der Waals surface area contributed by atoms with Gasteiger partial charge in [-0.05, 0) is 50.8 Å². The largest absolute Gasteiger partial charge is 0.341 e. The van der Waals surface area contributed by atoms with E-state index in [4.69, 9.17) is 0 Å². The number of aryl methyl sites for hydroxylation is 1. The van der Waals surface area contributed by atoms with Crippen LogP contribution in [0.4, 0.5) is 0 Å². The van der Waals surface area contributed by atoms with Crippen molar-refractivity contribution in [2.24, 2.45) is 5.92 Å².